The molecule has 0 aliphatic carbocycles. The second-order valence-corrected chi connectivity index (χ2v) is 5.80. The molecule has 1 fully saturated rings. The van der Waals surface area contributed by atoms with Crippen molar-refractivity contribution in [3.05, 3.63) is 12.7 Å². The van der Waals surface area contributed by atoms with Crippen LogP contribution in [-0.2, 0) is 0 Å². The zero-order valence-electron chi connectivity index (χ0n) is 9.83. The maximum Gasteiger partial charge on any atom is 0.0869 e. The minimum Gasteiger partial charge on any atom is -0.388 e. The summed E-state index contributed by atoms with van der Waals surface area (Å²) in [7, 11) is 0. The molecule has 3 unspecified atom stereocenters. The van der Waals surface area contributed by atoms with E-state index in [4.69, 9.17) is 0 Å². The van der Waals surface area contributed by atoms with E-state index in [-0.39, 0.29) is 0 Å². The average molecular weight is 229 g/mol. The monoisotopic (exact) mass is 229 g/mol. The van der Waals surface area contributed by atoms with E-state index in [1.807, 2.05) is 17.8 Å². The van der Waals surface area contributed by atoms with Gasteiger partial charge in [-0.25, -0.2) is 0 Å². The van der Waals surface area contributed by atoms with Crippen LogP contribution in [-0.4, -0.2) is 34.8 Å². The van der Waals surface area contributed by atoms with Crippen molar-refractivity contribution in [2.24, 2.45) is 5.92 Å². The topological polar surface area (TPSA) is 32.3 Å². The van der Waals surface area contributed by atoms with E-state index in [0.717, 1.165) is 30.9 Å². The molecule has 2 nitrogen and oxygen atoms in total. The van der Waals surface area contributed by atoms with Crippen molar-refractivity contribution in [3.8, 4) is 0 Å². The lowest BCUT2D eigenvalue weighted by Crippen LogP contribution is -2.45. The summed E-state index contributed by atoms with van der Waals surface area (Å²) in [6.45, 7) is 8.87. The fourth-order valence-electron chi connectivity index (χ4n) is 1.76. The van der Waals surface area contributed by atoms with Gasteiger partial charge in [-0.2, -0.15) is 11.8 Å². The normalized spacial score (nSPS) is 30.1. The second kappa shape index (κ2) is 5.92. The van der Waals surface area contributed by atoms with Gasteiger partial charge >= 0.3 is 0 Å². The minimum absolute atomic E-state index is 0.442. The SMILES string of the molecule is C=CCC(C)C(C)NCC1(O)CCSC1. The third-order valence-electron chi connectivity index (χ3n) is 3.23. The van der Waals surface area contributed by atoms with Gasteiger partial charge in [0.15, 0.2) is 0 Å². The Bertz CT molecular complexity index is 202. The van der Waals surface area contributed by atoms with E-state index in [2.05, 4.69) is 25.7 Å². The molecule has 88 valence electrons. The van der Waals surface area contributed by atoms with Gasteiger partial charge in [-0.3, -0.25) is 0 Å². The number of rotatable bonds is 6. The Morgan fingerprint density at radius 2 is 2.33 bits per heavy atom. The van der Waals surface area contributed by atoms with Crippen molar-refractivity contribution in [3.63, 3.8) is 0 Å². The number of allylic oxidation sites excluding steroid dienone is 1. The summed E-state index contributed by atoms with van der Waals surface area (Å²) in [5.41, 5.74) is -0.465. The van der Waals surface area contributed by atoms with Crippen molar-refractivity contribution in [1.82, 2.24) is 5.32 Å². The molecule has 0 spiro atoms. The molecule has 0 saturated carbocycles. The van der Waals surface area contributed by atoms with Gasteiger partial charge in [0.05, 0.1) is 5.60 Å². The predicted molar refractivity (Wildman–Crippen MR) is 68.3 cm³/mol. The lowest BCUT2D eigenvalue weighted by Gasteiger charge is -2.27. The second-order valence-electron chi connectivity index (χ2n) is 4.70. The van der Waals surface area contributed by atoms with Gasteiger partial charge in [0.1, 0.15) is 0 Å². The van der Waals surface area contributed by atoms with E-state index in [1.165, 1.54) is 0 Å². The molecule has 3 atom stereocenters. The van der Waals surface area contributed by atoms with Crippen molar-refractivity contribution in [2.45, 2.75) is 38.3 Å². The van der Waals surface area contributed by atoms with Gasteiger partial charge in [-0.1, -0.05) is 13.0 Å². The van der Waals surface area contributed by atoms with Crippen LogP contribution in [0.3, 0.4) is 0 Å². The largest absolute Gasteiger partial charge is 0.388 e. The van der Waals surface area contributed by atoms with Gasteiger partial charge in [0, 0.05) is 18.3 Å². The Kier molecular flexibility index (Phi) is 5.16. The van der Waals surface area contributed by atoms with Crippen molar-refractivity contribution < 1.29 is 5.11 Å². The van der Waals surface area contributed by atoms with Crippen LogP contribution in [0.5, 0.6) is 0 Å². The molecule has 0 aromatic rings. The molecule has 0 aromatic carbocycles. The summed E-state index contributed by atoms with van der Waals surface area (Å²) in [5.74, 6) is 2.55. The summed E-state index contributed by atoms with van der Waals surface area (Å²) < 4.78 is 0. The van der Waals surface area contributed by atoms with Gasteiger partial charge in [-0.05, 0) is 31.4 Å². The molecule has 1 aliphatic heterocycles. The Hall–Kier alpha value is 0.0100. The van der Waals surface area contributed by atoms with E-state index >= 15 is 0 Å². The van der Waals surface area contributed by atoms with E-state index in [9.17, 15) is 5.11 Å². The summed E-state index contributed by atoms with van der Waals surface area (Å²) in [6.07, 6.45) is 3.91. The molecule has 0 aromatic heterocycles. The summed E-state index contributed by atoms with van der Waals surface area (Å²) in [4.78, 5) is 0. The highest BCUT2D eigenvalue weighted by Crippen LogP contribution is 2.27. The van der Waals surface area contributed by atoms with Crippen LogP contribution in [0, 0.1) is 5.92 Å². The van der Waals surface area contributed by atoms with Crippen molar-refractivity contribution in [2.75, 3.05) is 18.1 Å². The molecular weight excluding hydrogens is 206 g/mol. The first-order chi connectivity index (χ1) is 7.07. The molecule has 0 bridgehead atoms. The number of hydrogen-bond donors (Lipinski definition) is 2. The van der Waals surface area contributed by atoms with Crippen LogP contribution in [0.15, 0.2) is 12.7 Å². The Morgan fingerprint density at radius 3 is 2.87 bits per heavy atom. The molecule has 2 N–H and O–H groups in total. The molecule has 3 heteroatoms. The first-order valence-electron chi connectivity index (χ1n) is 5.72. The number of hydrogen-bond acceptors (Lipinski definition) is 3. The fraction of sp³-hybridized carbons (Fsp3) is 0.833. The standard InChI is InChI=1S/C12H23NOS/c1-4-5-10(2)11(3)13-8-12(14)6-7-15-9-12/h4,10-11,13-14H,1,5-9H2,2-3H3. The first kappa shape index (κ1) is 13.1. The van der Waals surface area contributed by atoms with Crippen LogP contribution in [0.2, 0.25) is 0 Å². The van der Waals surface area contributed by atoms with Crippen LogP contribution >= 0.6 is 11.8 Å². The zero-order valence-corrected chi connectivity index (χ0v) is 10.6. The maximum absolute atomic E-state index is 10.1. The highest BCUT2D eigenvalue weighted by molar-refractivity contribution is 7.99. The summed E-state index contributed by atoms with van der Waals surface area (Å²) in [6, 6.07) is 0.442. The third-order valence-corrected chi connectivity index (χ3v) is 4.46. The van der Waals surface area contributed by atoms with Gasteiger partial charge in [0.25, 0.3) is 0 Å². The van der Waals surface area contributed by atoms with E-state index < -0.39 is 5.60 Å². The highest BCUT2D eigenvalue weighted by Gasteiger charge is 2.31. The minimum atomic E-state index is -0.465. The van der Waals surface area contributed by atoms with E-state index in [1.54, 1.807) is 0 Å². The van der Waals surface area contributed by atoms with Gasteiger partial charge in [0.2, 0.25) is 0 Å². The number of thioether (sulfide) groups is 1. The molecule has 1 rings (SSSR count). The predicted octanol–water partition coefficient (Wildman–Crippen LogP) is 2.04. The fourth-order valence-corrected chi connectivity index (χ4v) is 3.05. The summed E-state index contributed by atoms with van der Waals surface area (Å²) >= 11 is 1.85. The third kappa shape index (κ3) is 4.17. The quantitative estimate of drug-likeness (QED) is 0.684. The molecule has 1 heterocycles. The van der Waals surface area contributed by atoms with Crippen LogP contribution in [0.25, 0.3) is 0 Å². The Morgan fingerprint density at radius 1 is 1.60 bits per heavy atom. The van der Waals surface area contributed by atoms with E-state index in [0.29, 0.717) is 12.0 Å². The van der Waals surface area contributed by atoms with Crippen molar-refractivity contribution in [1.29, 1.82) is 0 Å². The van der Waals surface area contributed by atoms with Crippen LogP contribution in [0.1, 0.15) is 26.7 Å². The Labute approximate surface area is 97.5 Å². The maximum atomic E-state index is 10.1. The lowest BCUT2D eigenvalue weighted by atomic mass is 9.98. The zero-order chi connectivity index (χ0) is 11.3. The molecule has 1 saturated heterocycles. The molecule has 15 heavy (non-hydrogen) atoms. The number of aliphatic hydroxyl groups is 1. The molecule has 0 amide bonds. The van der Waals surface area contributed by atoms with Crippen LogP contribution < -0.4 is 5.32 Å². The highest BCUT2D eigenvalue weighted by atomic mass is 32.2. The average Bonchev–Trinajstić information content (AvgIpc) is 2.63. The van der Waals surface area contributed by atoms with Crippen molar-refractivity contribution >= 4 is 11.8 Å². The lowest BCUT2D eigenvalue weighted by molar-refractivity contribution is 0.0631. The van der Waals surface area contributed by atoms with Gasteiger partial charge < -0.3 is 10.4 Å². The van der Waals surface area contributed by atoms with Crippen LogP contribution in [0.4, 0.5) is 0 Å². The summed E-state index contributed by atoms with van der Waals surface area (Å²) in [5, 5.41) is 13.6. The Balaban J connectivity index is 2.26. The molecular formula is C12H23NOS. The molecule has 0 radical (unpaired) electrons. The first-order valence-corrected chi connectivity index (χ1v) is 6.87. The van der Waals surface area contributed by atoms with Gasteiger partial charge in [-0.15, -0.1) is 6.58 Å². The molecule has 1 aliphatic rings. The number of nitrogens with one attached hydrogen (secondary N) is 1. The smallest absolute Gasteiger partial charge is 0.0869 e.